The van der Waals surface area contributed by atoms with Crippen molar-refractivity contribution in [2.75, 3.05) is 7.11 Å². The highest BCUT2D eigenvalue weighted by atomic mass is 35.5. The van der Waals surface area contributed by atoms with Crippen LogP contribution in [0.1, 0.15) is 10.5 Å². The van der Waals surface area contributed by atoms with Gasteiger partial charge in [-0.25, -0.2) is 4.79 Å². The molecule has 0 unspecified atom stereocenters. The number of aromatic hydroxyl groups is 1. The normalized spacial score (nSPS) is 10.5. The number of phenols is 1. The summed E-state index contributed by atoms with van der Waals surface area (Å²) in [6.45, 7) is 0. The number of aromatic nitrogens is 1. The lowest BCUT2D eigenvalue weighted by molar-refractivity contribution is 0.0595. The second-order valence-electron chi connectivity index (χ2n) is 3.03. The van der Waals surface area contributed by atoms with Crippen molar-refractivity contribution in [1.29, 1.82) is 0 Å². The van der Waals surface area contributed by atoms with E-state index in [1.165, 1.54) is 13.2 Å². The molecule has 2 N–H and O–H groups in total. The average Bonchev–Trinajstić information content (AvgIpc) is 2.67. The van der Waals surface area contributed by atoms with Gasteiger partial charge in [-0.05, 0) is 18.2 Å². The number of halogens is 1. The number of nitrogens with one attached hydrogen (secondary N) is 1. The Labute approximate surface area is 90.4 Å². The van der Waals surface area contributed by atoms with E-state index in [1.54, 1.807) is 12.1 Å². The summed E-state index contributed by atoms with van der Waals surface area (Å²) in [5, 5.41) is 10.2. The molecule has 2 rings (SSSR count). The maximum atomic E-state index is 11.2. The van der Waals surface area contributed by atoms with Gasteiger partial charge in [-0.1, -0.05) is 11.6 Å². The molecule has 1 heterocycles. The summed E-state index contributed by atoms with van der Waals surface area (Å²) >= 11 is 5.87. The second-order valence-corrected chi connectivity index (χ2v) is 3.41. The van der Waals surface area contributed by atoms with E-state index in [4.69, 9.17) is 11.6 Å². The van der Waals surface area contributed by atoms with E-state index >= 15 is 0 Å². The largest absolute Gasteiger partial charge is 0.506 e. The summed E-state index contributed by atoms with van der Waals surface area (Å²) in [5.41, 5.74) is 0.984. The highest BCUT2D eigenvalue weighted by Crippen LogP contribution is 2.32. The number of hydrogen-bond acceptors (Lipinski definition) is 3. The van der Waals surface area contributed by atoms with Crippen LogP contribution in [-0.4, -0.2) is 23.2 Å². The first-order valence-electron chi connectivity index (χ1n) is 4.22. The van der Waals surface area contributed by atoms with Crippen LogP contribution in [0.2, 0.25) is 5.02 Å². The summed E-state index contributed by atoms with van der Waals surface area (Å²) in [7, 11) is 1.30. The first-order valence-corrected chi connectivity index (χ1v) is 4.60. The summed E-state index contributed by atoms with van der Waals surface area (Å²) in [5.74, 6) is -0.485. The molecular formula is C10H8ClNO3. The molecule has 4 nitrogen and oxygen atoms in total. The standard InChI is InChI=1S/C10H8ClNO3/c1-15-10(14)7-4-5-6(12-7)2-3-8(13)9(5)11/h2-4,12-13H,1H3. The average molecular weight is 226 g/mol. The molecule has 2 aromatic rings. The predicted octanol–water partition coefficient (Wildman–Crippen LogP) is 2.31. The Balaban J connectivity index is 2.66. The highest BCUT2D eigenvalue weighted by molar-refractivity contribution is 6.37. The number of rotatable bonds is 1. The number of H-pyrrole nitrogens is 1. The second kappa shape index (κ2) is 3.47. The van der Waals surface area contributed by atoms with Crippen molar-refractivity contribution in [1.82, 2.24) is 4.98 Å². The third kappa shape index (κ3) is 1.53. The van der Waals surface area contributed by atoms with Crippen LogP contribution < -0.4 is 0 Å². The number of ether oxygens (including phenoxy) is 1. The van der Waals surface area contributed by atoms with Gasteiger partial charge in [0.2, 0.25) is 0 Å². The number of carbonyl (C=O) groups is 1. The van der Waals surface area contributed by atoms with Crippen LogP contribution in [-0.2, 0) is 4.74 Å². The van der Waals surface area contributed by atoms with Crippen LogP contribution in [0.3, 0.4) is 0 Å². The zero-order valence-corrected chi connectivity index (χ0v) is 8.63. The summed E-state index contributed by atoms with van der Waals surface area (Å²) in [4.78, 5) is 14.1. The summed E-state index contributed by atoms with van der Waals surface area (Å²) in [6.07, 6.45) is 0. The molecule has 0 amide bonds. The van der Waals surface area contributed by atoms with Crippen LogP contribution in [0.25, 0.3) is 10.9 Å². The minimum absolute atomic E-state index is 0.0143. The molecular weight excluding hydrogens is 218 g/mol. The molecule has 15 heavy (non-hydrogen) atoms. The van der Waals surface area contributed by atoms with Gasteiger partial charge in [-0.2, -0.15) is 0 Å². The fraction of sp³-hybridized carbons (Fsp3) is 0.100. The Morgan fingerprint density at radius 1 is 1.53 bits per heavy atom. The number of benzene rings is 1. The molecule has 78 valence electrons. The third-order valence-corrected chi connectivity index (χ3v) is 2.52. The van der Waals surface area contributed by atoms with Crippen LogP contribution in [0.15, 0.2) is 18.2 Å². The van der Waals surface area contributed by atoms with Crippen molar-refractivity contribution < 1.29 is 14.6 Å². The molecule has 0 aliphatic heterocycles. The molecule has 0 atom stereocenters. The van der Waals surface area contributed by atoms with E-state index in [-0.39, 0.29) is 10.8 Å². The summed E-state index contributed by atoms with van der Waals surface area (Å²) < 4.78 is 4.56. The molecule has 0 radical (unpaired) electrons. The number of methoxy groups -OCH3 is 1. The molecule has 1 aromatic heterocycles. The quantitative estimate of drug-likeness (QED) is 0.732. The lowest BCUT2D eigenvalue weighted by atomic mass is 10.2. The number of hydrogen-bond donors (Lipinski definition) is 2. The van der Waals surface area contributed by atoms with Crippen LogP contribution in [0.4, 0.5) is 0 Å². The van der Waals surface area contributed by atoms with Gasteiger partial charge in [-0.15, -0.1) is 0 Å². The lowest BCUT2D eigenvalue weighted by Crippen LogP contribution is -2.00. The molecule has 0 saturated carbocycles. The molecule has 0 spiro atoms. The fourth-order valence-corrected chi connectivity index (χ4v) is 1.60. The van der Waals surface area contributed by atoms with Crippen LogP contribution >= 0.6 is 11.6 Å². The highest BCUT2D eigenvalue weighted by Gasteiger charge is 2.12. The maximum Gasteiger partial charge on any atom is 0.354 e. The molecule has 1 aromatic carbocycles. The van der Waals surface area contributed by atoms with Gasteiger partial charge in [0.1, 0.15) is 11.4 Å². The van der Waals surface area contributed by atoms with Crippen molar-refractivity contribution in [2.45, 2.75) is 0 Å². The Morgan fingerprint density at radius 2 is 2.27 bits per heavy atom. The third-order valence-electron chi connectivity index (χ3n) is 2.12. The Kier molecular flexibility index (Phi) is 2.28. The Hall–Kier alpha value is -1.68. The first-order chi connectivity index (χ1) is 7.13. The van der Waals surface area contributed by atoms with Gasteiger partial charge in [0.15, 0.2) is 0 Å². The Morgan fingerprint density at radius 3 is 2.93 bits per heavy atom. The molecule has 0 aliphatic carbocycles. The first kappa shape index (κ1) is 9.86. The molecule has 5 heteroatoms. The molecule has 0 bridgehead atoms. The van der Waals surface area contributed by atoms with E-state index in [0.29, 0.717) is 16.6 Å². The van der Waals surface area contributed by atoms with Gasteiger partial charge in [-0.3, -0.25) is 0 Å². The van der Waals surface area contributed by atoms with Gasteiger partial charge in [0.25, 0.3) is 0 Å². The van der Waals surface area contributed by atoms with Crippen molar-refractivity contribution in [3.05, 3.63) is 28.9 Å². The van der Waals surface area contributed by atoms with Crippen LogP contribution in [0, 0.1) is 0 Å². The lowest BCUT2D eigenvalue weighted by Gasteiger charge is -1.95. The van der Waals surface area contributed by atoms with Gasteiger partial charge in [0.05, 0.1) is 12.1 Å². The topological polar surface area (TPSA) is 62.3 Å². The molecule has 0 aliphatic rings. The van der Waals surface area contributed by atoms with Crippen molar-refractivity contribution in [3.63, 3.8) is 0 Å². The maximum absolute atomic E-state index is 11.2. The van der Waals surface area contributed by atoms with E-state index in [0.717, 1.165) is 0 Å². The van der Waals surface area contributed by atoms with Crippen molar-refractivity contribution in [3.8, 4) is 5.75 Å². The minimum Gasteiger partial charge on any atom is -0.506 e. The molecule has 0 fully saturated rings. The van der Waals surface area contributed by atoms with E-state index in [2.05, 4.69) is 9.72 Å². The minimum atomic E-state index is -0.471. The van der Waals surface area contributed by atoms with Crippen molar-refractivity contribution >= 4 is 28.5 Å². The zero-order chi connectivity index (χ0) is 11.0. The Bertz CT molecular complexity index is 533. The predicted molar refractivity (Wildman–Crippen MR) is 56.3 cm³/mol. The smallest absolute Gasteiger partial charge is 0.354 e. The number of fused-ring (bicyclic) bond motifs is 1. The summed E-state index contributed by atoms with van der Waals surface area (Å²) in [6, 6.07) is 4.65. The van der Waals surface area contributed by atoms with E-state index < -0.39 is 5.97 Å². The number of esters is 1. The number of phenolic OH excluding ortho intramolecular Hbond substituents is 1. The van der Waals surface area contributed by atoms with Gasteiger partial charge >= 0.3 is 5.97 Å². The van der Waals surface area contributed by atoms with E-state index in [1.807, 2.05) is 0 Å². The zero-order valence-electron chi connectivity index (χ0n) is 7.87. The van der Waals surface area contributed by atoms with Crippen LogP contribution in [0.5, 0.6) is 5.75 Å². The van der Waals surface area contributed by atoms with E-state index in [9.17, 15) is 9.90 Å². The van der Waals surface area contributed by atoms with Gasteiger partial charge in [0, 0.05) is 10.9 Å². The monoisotopic (exact) mass is 225 g/mol. The van der Waals surface area contributed by atoms with Crippen molar-refractivity contribution in [2.24, 2.45) is 0 Å². The number of aromatic amines is 1. The fourth-order valence-electron chi connectivity index (χ4n) is 1.38. The molecule has 0 saturated heterocycles. The SMILES string of the molecule is COC(=O)c1cc2c(Cl)c(O)ccc2[nH]1. The van der Waals surface area contributed by atoms with Gasteiger partial charge < -0.3 is 14.8 Å². The number of carbonyl (C=O) groups excluding carboxylic acids is 1.